The van der Waals surface area contributed by atoms with Crippen LogP contribution >= 0.6 is 0 Å². The molecule has 0 aliphatic rings. The molecule has 0 fully saturated rings. The van der Waals surface area contributed by atoms with Gasteiger partial charge in [-0.15, -0.1) is 0 Å². The van der Waals surface area contributed by atoms with E-state index >= 15 is 0 Å². The zero-order chi connectivity index (χ0) is 11.7. The maximum Gasteiger partial charge on any atom is 0.389 e. The predicted octanol–water partition coefficient (Wildman–Crippen LogP) is -1.86. The summed E-state index contributed by atoms with van der Waals surface area (Å²) in [6.07, 6.45) is 1.15. The smallest absolute Gasteiger partial charge is 0.389 e. The molecule has 0 N–H and O–H groups in total. The van der Waals surface area contributed by atoms with Gasteiger partial charge in [0, 0.05) is 6.08 Å². The second kappa shape index (κ2) is 8.15. The topological polar surface area (TPSA) is 54.0 Å². The molecule has 9 heteroatoms. The summed E-state index contributed by atoms with van der Waals surface area (Å²) in [5.41, 5.74) is 0. The lowest BCUT2D eigenvalue weighted by molar-refractivity contribution is -0.130. The summed E-state index contributed by atoms with van der Waals surface area (Å²) in [6, 6.07) is 0.715. The van der Waals surface area contributed by atoms with Crippen LogP contribution in [0.4, 0.5) is 0 Å². The molecule has 0 saturated heterocycles. The van der Waals surface area contributed by atoms with Crippen molar-refractivity contribution in [2.75, 3.05) is 0 Å². The minimum Gasteiger partial charge on any atom is -0.492 e. The monoisotopic (exact) mass is 282 g/mol. The third-order valence-corrected chi connectivity index (χ3v) is 8.88. The van der Waals surface area contributed by atoms with E-state index in [2.05, 4.69) is 6.58 Å². The van der Waals surface area contributed by atoms with E-state index in [1.807, 2.05) is 13.5 Å². The van der Waals surface area contributed by atoms with Crippen LogP contribution in [0.5, 0.6) is 0 Å². The average molecular weight is 283 g/mol. The molecule has 0 aromatic carbocycles. The Bertz CT molecular complexity index is 214. The van der Waals surface area contributed by atoms with Gasteiger partial charge in [-0.1, -0.05) is 13.5 Å². The zero-order valence-corrected chi connectivity index (χ0v) is 15.3. The van der Waals surface area contributed by atoms with Crippen LogP contribution < -0.4 is 0 Å². The molecule has 88 valence electrons. The van der Waals surface area contributed by atoms with E-state index in [1.54, 1.807) is 0 Å². The molecule has 5 nitrogen and oxygen atoms in total. The molecule has 0 radical (unpaired) electrons. The van der Waals surface area contributed by atoms with Crippen molar-refractivity contribution in [2.24, 2.45) is 0 Å². The van der Waals surface area contributed by atoms with Gasteiger partial charge in [0.1, 0.15) is 10.5 Å². The van der Waals surface area contributed by atoms with Crippen LogP contribution in [-0.4, -0.2) is 45.0 Å². The van der Waals surface area contributed by atoms with Crippen LogP contribution in [-0.2, 0) is 21.6 Å². The molecule has 0 saturated carbocycles. The van der Waals surface area contributed by atoms with Gasteiger partial charge in [0.05, 0.1) is 0 Å². The van der Waals surface area contributed by atoms with E-state index in [4.69, 9.17) is 16.8 Å². The minimum absolute atomic E-state index is 0.420. The molecule has 15 heavy (non-hydrogen) atoms. The van der Waals surface area contributed by atoms with Gasteiger partial charge in [0.25, 0.3) is 20.0 Å². The lowest BCUT2D eigenvalue weighted by atomic mass is 10.7. The van der Waals surface area contributed by atoms with Gasteiger partial charge in [-0.05, 0) is 12.6 Å². The second-order valence-corrected chi connectivity index (χ2v) is 11.7. The first-order chi connectivity index (χ1) is 7.08. The SMILES string of the molecule is C=CC(=O)O[Si](C)(CC)O[SiH2]O[SiH2]O[SiH3]. The molecule has 0 bridgehead atoms. The Hall–Kier alpha value is -0.0425. The van der Waals surface area contributed by atoms with E-state index in [0.29, 0.717) is 16.5 Å². The summed E-state index contributed by atoms with van der Waals surface area (Å²) in [5, 5.41) is 0. The Morgan fingerprint density at radius 3 is 2.73 bits per heavy atom. The summed E-state index contributed by atoms with van der Waals surface area (Å²) in [7, 11) is -3.54. The fraction of sp³-hybridized carbons (Fsp3) is 0.500. The van der Waals surface area contributed by atoms with Gasteiger partial charge in [-0.25, -0.2) is 4.79 Å². The second-order valence-electron chi connectivity index (χ2n) is 2.99. The molecule has 1 atom stereocenters. The number of hydrogen-bond donors (Lipinski definition) is 0. The molecular weight excluding hydrogens is 264 g/mol. The van der Waals surface area contributed by atoms with E-state index < -0.39 is 34.5 Å². The highest BCUT2D eigenvalue weighted by atomic mass is 28.4. The molecule has 0 heterocycles. The van der Waals surface area contributed by atoms with Crippen molar-refractivity contribution >= 4 is 45.0 Å². The Morgan fingerprint density at radius 2 is 2.27 bits per heavy atom. The summed E-state index contributed by atoms with van der Waals surface area (Å²) in [6.45, 7) is 7.15. The van der Waals surface area contributed by atoms with Crippen molar-refractivity contribution < 1.29 is 21.6 Å². The molecule has 0 aromatic rings. The summed E-state index contributed by atoms with van der Waals surface area (Å²) < 4.78 is 21.1. The molecule has 0 amide bonds. The van der Waals surface area contributed by atoms with Gasteiger partial charge in [0.15, 0.2) is 0 Å². The minimum atomic E-state index is -2.36. The van der Waals surface area contributed by atoms with Crippen molar-refractivity contribution in [3.63, 3.8) is 0 Å². The number of carbonyl (C=O) groups is 1. The van der Waals surface area contributed by atoms with Crippen LogP contribution in [0.2, 0.25) is 12.6 Å². The van der Waals surface area contributed by atoms with Crippen LogP contribution in [0.15, 0.2) is 12.7 Å². The van der Waals surface area contributed by atoms with Gasteiger partial charge in [-0.3, -0.25) is 0 Å². The average Bonchev–Trinajstić information content (AvgIpc) is 2.24. The third kappa shape index (κ3) is 6.94. The highest BCUT2D eigenvalue weighted by Crippen LogP contribution is 2.12. The van der Waals surface area contributed by atoms with Crippen molar-refractivity contribution in [1.29, 1.82) is 0 Å². The lowest BCUT2D eigenvalue weighted by Crippen LogP contribution is -2.41. The van der Waals surface area contributed by atoms with Crippen LogP contribution in [0, 0.1) is 0 Å². The first kappa shape index (κ1) is 15.0. The summed E-state index contributed by atoms with van der Waals surface area (Å²) in [5.74, 6) is -0.420. The standard InChI is InChI=1S/C6H18O5Si4/c1-4-6(7)8-15(3,5-2)11-14-10-13-9-12/h4H,1,5,13-14H2,2-3,12H3. The first-order valence-corrected chi connectivity index (χ1v) is 10.3. The predicted molar refractivity (Wildman–Crippen MR) is 68.7 cm³/mol. The molecule has 0 aliphatic heterocycles. The maximum atomic E-state index is 11.1. The molecule has 0 rings (SSSR count). The quantitative estimate of drug-likeness (QED) is 0.297. The molecule has 0 aliphatic carbocycles. The lowest BCUT2D eigenvalue weighted by Gasteiger charge is -2.24. The van der Waals surface area contributed by atoms with E-state index in [9.17, 15) is 4.79 Å². The zero-order valence-electron chi connectivity index (χ0n) is 9.45. The number of carbonyl (C=O) groups excluding carboxylic acids is 1. The molecular formula is C6H18O5Si4. The largest absolute Gasteiger partial charge is 0.492 e. The van der Waals surface area contributed by atoms with Gasteiger partial charge < -0.3 is 16.8 Å². The fourth-order valence-electron chi connectivity index (χ4n) is 0.742. The van der Waals surface area contributed by atoms with Crippen molar-refractivity contribution in [2.45, 2.75) is 19.5 Å². The van der Waals surface area contributed by atoms with Crippen molar-refractivity contribution in [1.82, 2.24) is 0 Å². The van der Waals surface area contributed by atoms with Crippen LogP contribution in [0.25, 0.3) is 0 Å². The third-order valence-electron chi connectivity index (χ3n) is 1.77. The number of hydrogen-bond acceptors (Lipinski definition) is 5. The summed E-state index contributed by atoms with van der Waals surface area (Å²) in [4.78, 5) is 11.1. The molecule has 1 unspecified atom stereocenters. The Morgan fingerprint density at radius 1 is 1.60 bits per heavy atom. The Kier molecular flexibility index (Phi) is 8.13. The fourth-order valence-corrected chi connectivity index (χ4v) is 6.97. The maximum absolute atomic E-state index is 11.1. The van der Waals surface area contributed by atoms with Crippen molar-refractivity contribution in [3.05, 3.63) is 12.7 Å². The van der Waals surface area contributed by atoms with Crippen LogP contribution in [0.3, 0.4) is 0 Å². The van der Waals surface area contributed by atoms with Crippen LogP contribution in [0.1, 0.15) is 6.92 Å². The van der Waals surface area contributed by atoms with Crippen molar-refractivity contribution in [3.8, 4) is 0 Å². The molecule has 0 aromatic heterocycles. The number of rotatable bonds is 8. The van der Waals surface area contributed by atoms with E-state index in [1.165, 1.54) is 0 Å². The summed E-state index contributed by atoms with van der Waals surface area (Å²) >= 11 is 0. The highest BCUT2D eigenvalue weighted by Gasteiger charge is 2.32. The van der Waals surface area contributed by atoms with Gasteiger partial charge in [0.2, 0.25) is 0 Å². The normalized spacial score (nSPS) is 16.1. The Labute approximate surface area is 99.1 Å². The Balaban J connectivity index is 3.95. The van der Waals surface area contributed by atoms with Gasteiger partial charge >= 0.3 is 14.5 Å². The van der Waals surface area contributed by atoms with Gasteiger partial charge in [-0.2, -0.15) is 0 Å². The highest BCUT2D eigenvalue weighted by molar-refractivity contribution is 6.71. The van der Waals surface area contributed by atoms with E-state index in [0.717, 1.165) is 6.08 Å². The molecule has 0 spiro atoms. The van der Waals surface area contributed by atoms with E-state index in [-0.39, 0.29) is 0 Å². The first-order valence-electron chi connectivity index (χ1n) is 4.64.